The molecule has 0 aromatic rings. The third-order valence-electron chi connectivity index (χ3n) is 5.56. The zero-order valence-corrected chi connectivity index (χ0v) is 13.0. The van der Waals surface area contributed by atoms with Crippen LogP contribution in [0, 0.1) is 5.92 Å². The molecule has 2 fully saturated rings. The van der Waals surface area contributed by atoms with Gasteiger partial charge >= 0.3 is 0 Å². The SMILES string of the molecule is CCNC1(CO)CCCC(N2CCCC(C)C2C)C1. The molecular weight excluding hydrogens is 236 g/mol. The fraction of sp³-hybridized carbons (Fsp3) is 1.00. The molecule has 4 atom stereocenters. The molecule has 1 aliphatic carbocycles. The topological polar surface area (TPSA) is 35.5 Å². The largest absolute Gasteiger partial charge is 0.394 e. The molecule has 2 rings (SSSR count). The van der Waals surface area contributed by atoms with Gasteiger partial charge in [0.15, 0.2) is 0 Å². The van der Waals surface area contributed by atoms with Crippen molar-refractivity contribution < 1.29 is 5.11 Å². The van der Waals surface area contributed by atoms with Gasteiger partial charge in [-0.1, -0.05) is 13.8 Å². The third-order valence-corrected chi connectivity index (χ3v) is 5.56. The minimum Gasteiger partial charge on any atom is -0.394 e. The Kier molecular flexibility index (Phi) is 5.27. The summed E-state index contributed by atoms with van der Waals surface area (Å²) < 4.78 is 0. The van der Waals surface area contributed by atoms with Gasteiger partial charge in [-0.05, 0) is 64.5 Å². The van der Waals surface area contributed by atoms with Crippen LogP contribution in [0.2, 0.25) is 0 Å². The number of likely N-dealkylation sites (tertiary alicyclic amines) is 1. The van der Waals surface area contributed by atoms with Crippen molar-refractivity contribution in [3.63, 3.8) is 0 Å². The Bertz CT molecular complexity index is 280. The van der Waals surface area contributed by atoms with Crippen molar-refractivity contribution in [1.29, 1.82) is 0 Å². The van der Waals surface area contributed by atoms with Gasteiger partial charge in [0.2, 0.25) is 0 Å². The normalized spacial score (nSPS) is 41.4. The van der Waals surface area contributed by atoms with Gasteiger partial charge in [0.1, 0.15) is 0 Å². The highest BCUT2D eigenvalue weighted by Gasteiger charge is 2.39. The van der Waals surface area contributed by atoms with Crippen molar-refractivity contribution in [2.75, 3.05) is 19.7 Å². The van der Waals surface area contributed by atoms with E-state index >= 15 is 0 Å². The summed E-state index contributed by atoms with van der Waals surface area (Å²) in [6.07, 6.45) is 7.53. The Balaban J connectivity index is 2.03. The van der Waals surface area contributed by atoms with E-state index in [1.165, 1.54) is 32.2 Å². The molecule has 0 aromatic heterocycles. The first-order valence-electron chi connectivity index (χ1n) is 8.23. The second-order valence-corrected chi connectivity index (χ2v) is 6.82. The van der Waals surface area contributed by atoms with E-state index in [1.807, 2.05) is 0 Å². The Morgan fingerprint density at radius 2 is 2.05 bits per heavy atom. The van der Waals surface area contributed by atoms with Crippen molar-refractivity contribution in [1.82, 2.24) is 10.2 Å². The minimum absolute atomic E-state index is 0.0158. The first kappa shape index (κ1) is 15.3. The van der Waals surface area contributed by atoms with E-state index in [-0.39, 0.29) is 12.1 Å². The maximum Gasteiger partial charge on any atom is 0.0613 e. The number of hydrogen-bond acceptors (Lipinski definition) is 3. The highest BCUT2D eigenvalue weighted by molar-refractivity contribution is 4.98. The molecule has 112 valence electrons. The summed E-state index contributed by atoms with van der Waals surface area (Å²) in [7, 11) is 0. The van der Waals surface area contributed by atoms with E-state index in [2.05, 4.69) is 31.0 Å². The lowest BCUT2D eigenvalue weighted by Crippen LogP contribution is -2.58. The number of likely N-dealkylation sites (N-methyl/N-ethyl adjacent to an activating group) is 1. The minimum atomic E-state index is -0.0158. The van der Waals surface area contributed by atoms with E-state index in [1.54, 1.807) is 0 Å². The van der Waals surface area contributed by atoms with Crippen molar-refractivity contribution >= 4 is 0 Å². The van der Waals surface area contributed by atoms with Crippen molar-refractivity contribution in [2.45, 2.75) is 76.9 Å². The molecule has 4 unspecified atom stereocenters. The lowest BCUT2D eigenvalue weighted by molar-refractivity contribution is 0.0117. The van der Waals surface area contributed by atoms with Crippen molar-refractivity contribution in [3.8, 4) is 0 Å². The first-order valence-corrected chi connectivity index (χ1v) is 8.23. The molecule has 3 heteroatoms. The number of rotatable bonds is 4. The fourth-order valence-electron chi connectivity index (χ4n) is 4.23. The summed E-state index contributed by atoms with van der Waals surface area (Å²) in [6, 6.07) is 1.37. The molecule has 0 bridgehead atoms. The number of piperidine rings is 1. The van der Waals surface area contributed by atoms with Crippen LogP contribution in [0.1, 0.15) is 59.3 Å². The van der Waals surface area contributed by atoms with Crippen LogP contribution in [0.5, 0.6) is 0 Å². The predicted octanol–water partition coefficient (Wildman–Crippen LogP) is 2.39. The molecule has 1 saturated carbocycles. The van der Waals surface area contributed by atoms with Crippen LogP contribution in [0.3, 0.4) is 0 Å². The predicted molar refractivity (Wildman–Crippen MR) is 80.3 cm³/mol. The summed E-state index contributed by atoms with van der Waals surface area (Å²) in [6.45, 7) is 9.43. The lowest BCUT2D eigenvalue weighted by Gasteiger charge is -2.49. The Labute approximate surface area is 118 Å². The summed E-state index contributed by atoms with van der Waals surface area (Å²) >= 11 is 0. The number of nitrogens with one attached hydrogen (secondary N) is 1. The van der Waals surface area contributed by atoms with Crippen LogP contribution in [0.25, 0.3) is 0 Å². The van der Waals surface area contributed by atoms with E-state index in [0.717, 1.165) is 25.3 Å². The zero-order chi connectivity index (χ0) is 13.9. The monoisotopic (exact) mass is 268 g/mol. The highest BCUT2D eigenvalue weighted by Crippen LogP contribution is 2.35. The molecule has 2 aliphatic rings. The Morgan fingerprint density at radius 3 is 2.74 bits per heavy atom. The van der Waals surface area contributed by atoms with Gasteiger partial charge in [-0.25, -0.2) is 0 Å². The molecule has 1 heterocycles. The second kappa shape index (κ2) is 6.55. The molecule has 1 saturated heterocycles. The number of aliphatic hydroxyl groups excluding tert-OH is 1. The van der Waals surface area contributed by atoms with Crippen LogP contribution in [0.4, 0.5) is 0 Å². The zero-order valence-electron chi connectivity index (χ0n) is 13.0. The van der Waals surface area contributed by atoms with Crippen LogP contribution in [-0.2, 0) is 0 Å². The van der Waals surface area contributed by atoms with Gasteiger partial charge in [-0.2, -0.15) is 0 Å². The Morgan fingerprint density at radius 1 is 1.26 bits per heavy atom. The van der Waals surface area contributed by atoms with Gasteiger partial charge in [0, 0.05) is 17.6 Å². The summed E-state index contributed by atoms with van der Waals surface area (Å²) in [4.78, 5) is 2.73. The maximum atomic E-state index is 9.83. The molecule has 3 nitrogen and oxygen atoms in total. The standard InChI is InChI=1S/C16H32N2O/c1-4-17-16(12-19)9-5-8-15(11-16)18-10-6-7-13(2)14(18)3/h13-15,17,19H,4-12H2,1-3H3. The van der Waals surface area contributed by atoms with Crippen LogP contribution in [-0.4, -0.2) is 47.3 Å². The molecular formula is C16H32N2O. The van der Waals surface area contributed by atoms with Crippen LogP contribution in [0.15, 0.2) is 0 Å². The van der Waals surface area contributed by atoms with Gasteiger partial charge in [-0.15, -0.1) is 0 Å². The average molecular weight is 268 g/mol. The molecule has 1 aliphatic heterocycles. The lowest BCUT2D eigenvalue weighted by atomic mass is 9.77. The molecule has 0 aromatic carbocycles. The molecule has 0 amide bonds. The first-order chi connectivity index (χ1) is 9.12. The Hall–Kier alpha value is -0.120. The molecule has 19 heavy (non-hydrogen) atoms. The van der Waals surface area contributed by atoms with E-state index in [4.69, 9.17) is 0 Å². The summed E-state index contributed by atoms with van der Waals surface area (Å²) in [5, 5.41) is 13.4. The fourth-order valence-corrected chi connectivity index (χ4v) is 4.23. The molecule has 0 radical (unpaired) electrons. The highest BCUT2D eigenvalue weighted by atomic mass is 16.3. The smallest absolute Gasteiger partial charge is 0.0613 e. The second-order valence-electron chi connectivity index (χ2n) is 6.82. The summed E-state index contributed by atoms with van der Waals surface area (Å²) in [5.41, 5.74) is -0.0158. The average Bonchev–Trinajstić information content (AvgIpc) is 2.42. The van der Waals surface area contributed by atoms with Crippen molar-refractivity contribution in [2.24, 2.45) is 5.92 Å². The van der Waals surface area contributed by atoms with E-state index < -0.39 is 0 Å². The van der Waals surface area contributed by atoms with Gasteiger partial charge < -0.3 is 10.4 Å². The number of hydrogen-bond donors (Lipinski definition) is 2. The van der Waals surface area contributed by atoms with Crippen LogP contribution < -0.4 is 5.32 Å². The molecule has 2 N–H and O–H groups in total. The van der Waals surface area contributed by atoms with Gasteiger partial charge in [0.05, 0.1) is 6.61 Å². The van der Waals surface area contributed by atoms with Crippen molar-refractivity contribution in [3.05, 3.63) is 0 Å². The quantitative estimate of drug-likeness (QED) is 0.822. The molecule has 0 spiro atoms. The number of nitrogens with zero attached hydrogens (tertiary/aromatic N) is 1. The van der Waals surface area contributed by atoms with Crippen LogP contribution >= 0.6 is 0 Å². The van der Waals surface area contributed by atoms with E-state index in [9.17, 15) is 5.11 Å². The maximum absolute atomic E-state index is 9.83. The summed E-state index contributed by atoms with van der Waals surface area (Å²) in [5.74, 6) is 0.818. The number of aliphatic hydroxyl groups is 1. The van der Waals surface area contributed by atoms with Gasteiger partial charge in [0.25, 0.3) is 0 Å². The van der Waals surface area contributed by atoms with E-state index in [0.29, 0.717) is 12.1 Å². The van der Waals surface area contributed by atoms with Gasteiger partial charge in [-0.3, -0.25) is 4.90 Å². The third kappa shape index (κ3) is 3.32.